The summed E-state index contributed by atoms with van der Waals surface area (Å²) in [6.07, 6.45) is 0. The van der Waals surface area contributed by atoms with Crippen LogP contribution in [0.25, 0.3) is 0 Å². The standard InChI is InChI=1S/C19H23N3/c1-19(2,3)16-12-10-14(11-13-16)17(20)22-18(21-4)15-8-6-5-7-9-15/h5-13H,1-4H3,(H2,20,21,22). The normalized spacial score (nSPS) is 13.3. The Morgan fingerprint density at radius 1 is 0.864 bits per heavy atom. The van der Waals surface area contributed by atoms with Crippen LogP contribution in [0.1, 0.15) is 37.5 Å². The zero-order valence-electron chi connectivity index (χ0n) is 13.7. The fourth-order valence-corrected chi connectivity index (χ4v) is 2.15. The lowest BCUT2D eigenvalue weighted by molar-refractivity contribution is 0.590. The first-order chi connectivity index (χ1) is 10.4. The molecule has 3 nitrogen and oxygen atoms in total. The van der Waals surface area contributed by atoms with Crippen LogP contribution in [0.5, 0.6) is 0 Å². The fraction of sp³-hybridized carbons (Fsp3) is 0.263. The zero-order valence-corrected chi connectivity index (χ0v) is 13.7. The van der Waals surface area contributed by atoms with Crippen molar-refractivity contribution in [2.24, 2.45) is 15.7 Å². The van der Waals surface area contributed by atoms with Gasteiger partial charge in [-0.05, 0) is 11.0 Å². The van der Waals surface area contributed by atoms with Crippen LogP contribution in [0.3, 0.4) is 0 Å². The minimum atomic E-state index is 0.129. The van der Waals surface area contributed by atoms with Crippen LogP contribution in [0.2, 0.25) is 0 Å². The quantitative estimate of drug-likeness (QED) is 0.665. The van der Waals surface area contributed by atoms with Gasteiger partial charge in [0.1, 0.15) is 5.84 Å². The van der Waals surface area contributed by atoms with Gasteiger partial charge in [-0.3, -0.25) is 4.99 Å². The molecular formula is C19H23N3. The van der Waals surface area contributed by atoms with Gasteiger partial charge in [-0.25, -0.2) is 4.99 Å². The van der Waals surface area contributed by atoms with E-state index < -0.39 is 0 Å². The van der Waals surface area contributed by atoms with Crippen molar-refractivity contribution in [2.45, 2.75) is 26.2 Å². The Hall–Kier alpha value is -2.42. The number of nitrogens with two attached hydrogens (primary N) is 1. The van der Waals surface area contributed by atoms with E-state index in [-0.39, 0.29) is 5.41 Å². The summed E-state index contributed by atoms with van der Waals surface area (Å²) in [6.45, 7) is 6.57. The molecule has 0 saturated heterocycles. The summed E-state index contributed by atoms with van der Waals surface area (Å²) in [7, 11) is 1.72. The molecule has 0 spiro atoms. The molecular weight excluding hydrogens is 270 g/mol. The lowest BCUT2D eigenvalue weighted by Gasteiger charge is -2.19. The van der Waals surface area contributed by atoms with Gasteiger partial charge in [-0.2, -0.15) is 0 Å². The number of aliphatic imine (C=N–C) groups is 2. The van der Waals surface area contributed by atoms with E-state index in [0.29, 0.717) is 11.7 Å². The first kappa shape index (κ1) is 16.0. The highest BCUT2D eigenvalue weighted by Gasteiger charge is 2.13. The fourth-order valence-electron chi connectivity index (χ4n) is 2.15. The van der Waals surface area contributed by atoms with Crippen LogP contribution in [-0.2, 0) is 5.41 Å². The van der Waals surface area contributed by atoms with E-state index >= 15 is 0 Å². The van der Waals surface area contributed by atoms with Crippen molar-refractivity contribution in [3.63, 3.8) is 0 Å². The van der Waals surface area contributed by atoms with Gasteiger partial charge in [0.2, 0.25) is 0 Å². The second kappa shape index (κ2) is 6.56. The predicted molar refractivity (Wildman–Crippen MR) is 94.8 cm³/mol. The van der Waals surface area contributed by atoms with Gasteiger partial charge < -0.3 is 5.73 Å². The van der Waals surface area contributed by atoms with Crippen molar-refractivity contribution < 1.29 is 0 Å². The number of benzene rings is 2. The second-order valence-corrected chi connectivity index (χ2v) is 6.24. The van der Waals surface area contributed by atoms with Crippen molar-refractivity contribution in [3.8, 4) is 0 Å². The summed E-state index contributed by atoms with van der Waals surface area (Å²) in [6, 6.07) is 18.1. The van der Waals surface area contributed by atoms with E-state index in [2.05, 4.69) is 42.9 Å². The van der Waals surface area contributed by atoms with Gasteiger partial charge in [-0.15, -0.1) is 0 Å². The lowest BCUT2D eigenvalue weighted by atomic mass is 9.86. The zero-order chi connectivity index (χ0) is 16.2. The highest BCUT2D eigenvalue weighted by Crippen LogP contribution is 2.22. The SMILES string of the molecule is CN=C(N=C(N)c1ccc(C(C)(C)C)cc1)c1ccccc1. The topological polar surface area (TPSA) is 50.7 Å². The van der Waals surface area contributed by atoms with Crippen molar-refractivity contribution in [3.05, 3.63) is 71.3 Å². The average molecular weight is 293 g/mol. The van der Waals surface area contributed by atoms with E-state index in [4.69, 9.17) is 5.73 Å². The smallest absolute Gasteiger partial charge is 0.156 e. The van der Waals surface area contributed by atoms with Crippen molar-refractivity contribution in [1.29, 1.82) is 0 Å². The first-order valence-electron chi connectivity index (χ1n) is 7.39. The van der Waals surface area contributed by atoms with Crippen LogP contribution >= 0.6 is 0 Å². The molecule has 0 bridgehead atoms. The minimum absolute atomic E-state index is 0.129. The summed E-state index contributed by atoms with van der Waals surface area (Å²) >= 11 is 0. The van der Waals surface area contributed by atoms with E-state index in [1.807, 2.05) is 42.5 Å². The highest BCUT2D eigenvalue weighted by molar-refractivity contribution is 6.10. The van der Waals surface area contributed by atoms with Crippen LogP contribution < -0.4 is 5.73 Å². The Balaban J connectivity index is 2.29. The molecule has 0 amide bonds. The van der Waals surface area contributed by atoms with E-state index in [1.54, 1.807) is 7.05 Å². The van der Waals surface area contributed by atoms with Gasteiger partial charge >= 0.3 is 0 Å². The van der Waals surface area contributed by atoms with Crippen molar-refractivity contribution in [1.82, 2.24) is 0 Å². The minimum Gasteiger partial charge on any atom is -0.383 e. The Morgan fingerprint density at radius 3 is 1.95 bits per heavy atom. The molecule has 0 unspecified atom stereocenters. The van der Waals surface area contributed by atoms with Crippen LogP contribution in [0.4, 0.5) is 0 Å². The number of nitrogens with zero attached hydrogens (tertiary/aromatic N) is 2. The molecule has 22 heavy (non-hydrogen) atoms. The lowest BCUT2D eigenvalue weighted by Crippen LogP contribution is -2.17. The molecule has 0 heterocycles. The molecule has 0 fully saturated rings. The molecule has 3 heteroatoms. The molecule has 0 aromatic heterocycles. The third-order valence-corrected chi connectivity index (χ3v) is 3.52. The molecule has 0 atom stereocenters. The summed E-state index contributed by atoms with van der Waals surface area (Å²) in [5.41, 5.74) is 9.41. The van der Waals surface area contributed by atoms with Crippen molar-refractivity contribution in [2.75, 3.05) is 7.05 Å². The molecule has 0 aliphatic carbocycles. The third-order valence-electron chi connectivity index (χ3n) is 3.52. The van der Waals surface area contributed by atoms with Crippen LogP contribution in [0, 0.1) is 0 Å². The largest absolute Gasteiger partial charge is 0.383 e. The molecule has 2 aromatic rings. The van der Waals surface area contributed by atoms with E-state index in [9.17, 15) is 0 Å². The van der Waals surface area contributed by atoms with E-state index in [1.165, 1.54) is 5.56 Å². The number of rotatable bonds is 2. The van der Waals surface area contributed by atoms with Gasteiger partial charge in [0.05, 0.1) is 0 Å². The van der Waals surface area contributed by atoms with Crippen LogP contribution in [-0.4, -0.2) is 18.7 Å². The summed E-state index contributed by atoms with van der Waals surface area (Å²) in [4.78, 5) is 8.70. The molecule has 0 aliphatic heterocycles. The Morgan fingerprint density at radius 2 is 1.45 bits per heavy atom. The van der Waals surface area contributed by atoms with Gasteiger partial charge in [0.25, 0.3) is 0 Å². The second-order valence-electron chi connectivity index (χ2n) is 6.24. The predicted octanol–water partition coefficient (Wildman–Crippen LogP) is 3.77. The Bertz CT molecular complexity index is 675. The number of hydrogen-bond acceptors (Lipinski definition) is 1. The molecule has 0 saturated carbocycles. The molecule has 2 N–H and O–H groups in total. The third kappa shape index (κ3) is 3.82. The van der Waals surface area contributed by atoms with E-state index in [0.717, 1.165) is 11.1 Å². The van der Waals surface area contributed by atoms with Crippen LogP contribution in [0.15, 0.2) is 64.6 Å². The van der Waals surface area contributed by atoms with Gasteiger partial charge in [0.15, 0.2) is 5.84 Å². The monoisotopic (exact) mass is 293 g/mol. The maximum Gasteiger partial charge on any atom is 0.156 e. The summed E-state index contributed by atoms with van der Waals surface area (Å²) in [5.74, 6) is 1.11. The maximum absolute atomic E-state index is 6.14. The number of hydrogen-bond donors (Lipinski definition) is 1. The van der Waals surface area contributed by atoms with Crippen molar-refractivity contribution >= 4 is 11.7 Å². The molecule has 2 rings (SSSR count). The van der Waals surface area contributed by atoms with Gasteiger partial charge in [-0.1, -0.05) is 75.4 Å². The molecule has 0 aliphatic rings. The average Bonchev–Trinajstić information content (AvgIpc) is 2.52. The van der Waals surface area contributed by atoms with Gasteiger partial charge in [0, 0.05) is 18.2 Å². The highest BCUT2D eigenvalue weighted by atomic mass is 14.9. The summed E-state index contributed by atoms with van der Waals surface area (Å²) in [5, 5.41) is 0. The Kier molecular flexibility index (Phi) is 4.76. The molecule has 2 aromatic carbocycles. The maximum atomic E-state index is 6.14. The summed E-state index contributed by atoms with van der Waals surface area (Å²) < 4.78 is 0. The number of amidine groups is 2. The first-order valence-corrected chi connectivity index (χ1v) is 7.39. The molecule has 0 radical (unpaired) electrons. The Labute approximate surface area is 132 Å². The molecule has 114 valence electrons.